The number of amides is 1. The third-order valence-electron chi connectivity index (χ3n) is 4.93. The number of fused-ring (bicyclic) bond motifs is 1. The molecule has 12 heteroatoms. The van der Waals surface area contributed by atoms with Crippen LogP contribution in [0.5, 0.6) is 5.75 Å². The molecular formula is C19H20FIN4O6. The number of carbonyl (C=O) groups excluding carboxylic acids is 1. The van der Waals surface area contributed by atoms with Crippen LogP contribution in [-0.4, -0.2) is 53.9 Å². The second-order valence-corrected chi connectivity index (χ2v) is 9.39. The Morgan fingerprint density at radius 2 is 2.16 bits per heavy atom. The van der Waals surface area contributed by atoms with Crippen LogP contribution < -0.4 is 21.1 Å². The van der Waals surface area contributed by atoms with Gasteiger partial charge < -0.3 is 30.3 Å². The van der Waals surface area contributed by atoms with Crippen LogP contribution in [0.4, 0.5) is 15.9 Å². The second kappa shape index (κ2) is 7.69. The molecule has 166 valence electrons. The van der Waals surface area contributed by atoms with Gasteiger partial charge in [0.1, 0.15) is 23.8 Å². The van der Waals surface area contributed by atoms with Crippen LogP contribution in [0.2, 0.25) is 0 Å². The predicted molar refractivity (Wildman–Crippen MR) is 116 cm³/mol. The van der Waals surface area contributed by atoms with E-state index in [-0.39, 0.29) is 5.82 Å². The van der Waals surface area contributed by atoms with Gasteiger partial charge >= 0.3 is 5.69 Å². The van der Waals surface area contributed by atoms with Gasteiger partial charge in [-0.25, -0.2) is 9.18 Å². The van der Waals surface area contributed by atoms with Crippen molar-refractivity contribution in [3.8, 4) is 5.75 Å². The number of aromatic nitrogens is 2. The minimum absolute atomic E-state index is 0.0357. The minimum atomic E-state index is -2.35. The number of aliphatic hydroxyl groups is 2. The zero-order valence-corrected chi connectivity index (χ0v) is 18.7. The molecule has 31 heavy (non-hydrogen) atoms. The Kier molecular flexibility index (Phi) is 5.44. The molecule has 2 aromatic rings. The molecule has 2 aliphatic heterocycles. The van der Waals surface area contributed by atoms with Crippen LogP contribution in [0.1, 0.15) is 30.4 Å². The molecule has 0 radical (unpaired) electrons. The highest BCUT2D eigenvalue weighted by Gasteiger charge is 2.56. The summed E-state index contributed by atoms with van der Waals surface area (Å²) in [7, 11) is 0. The molecule has 0 saturated carbocycles. The Bertz CT molecular complexity index is 1090. The van der Waals surface area contributed by atoms with Crippen LogP contribution in [-0.2, 0) is 4.74 Å². The molecule has 1 amide bonds. The van der Waals surface area contributed by atoms with Gasteiger partial charge in [0.2, 0.25) is 3.68 Å². The number of nitrogens with one attached hydrogen (secondary N) is 2. The van der Waals surface area contributed by atoms with E-state index in [9.17, 15) is 24.2 Å². The molecule has 1 aromatic carbocycles. The topological polar surface area (TPSA) is 135 Å². The summed E-state index contributed by atoms with van der Waals surface area (Å²) in [6.07, 6.45) is -3.09. The SMILES string of the molecule is CC1(C)Nc2cc(C(=O)Nc3ccn(C4O[C@H](CO)[C@@H](O)C4(F)I)c(=O)n3)ccc2O1. The molecule has 1 aromatic heterocycles. The second-order valence-electron chi connectivity index (χ2n) is 7.73. The van der Waals surface area contributed by atoms with Crippen molar-refractivity contribution in [3.05, 3.63) is 46.5 Å². The van der Waals surface area contributed by atoms with Crippen LogP contribution in [0.25, 0.3) is 0 Å². The van der Waals surface area contributed by atoms with E-state index in [1.165, 1.54) is 34.9 Å². The van der Waals surface area contributed by atoms with Gasteiger partial charge in [0, 0.05) is 11.8 Å². The first-order valence-corrected chi connectivity index (χ1v) is 10.4. The van der Waals surface area contributed by atoms with E-state index in [1.807, 2.05) is 13.8 Å². The van der Waals surface area contributed by atoms with Gasteiger partial charge in [-0.3, -0.25) is 9.36 Å². The summed E-state index contributed by atoms with van der Waals surface area (Å²) >= 11 is 1.34. The molecule has 10 nitrogen and oxygen atoms in total. The minimum Gasteiger partial charge on any atom is -0.467 e. The van der Waals surface area contributed by atoms with Gasteiger partial charge in [-0.15, -0.1) is 0 Å². The maximum Gasteiger partial charge on any atom is 0.351 e. The molecule has 4 atom stereocenters. The normalized spacial score (nSPS) is 28.5. The zero-order valence-electron chi connectivity index (χ0n) is 16.5. The number of benzene rings is 1. The Balaban J connectivity index is 1.52. The van der Waals surface area contributed by atoms with Crippen LogP contribution in [0.3, 0.4) is 0 Å². The quantitative estimate of drug-likeness (QED) is 0.334. The van der Waals surface area contributed by atoms with Crippen molar-refractivity contribution in [2.45, 2.75) is 41.7 Å². The van der Waals surface area contributed by atoms with Crippen molar-refractivity contribution in [2.24, 2.45) is 0 Å². The fraction of sp³-hybridized carbons (Fsp3) is 0.421. The van der Waals surface area contributed by atoms with Crippen molar-refractivity contribution in [1.29, 1.82) is 0 Å². The predicted octanol–water partition coefficient (Wildman–Crippen LogP) is 1.39. The fourth-order valence-corrected chi connectivity index (χ4v) is 4.30. The van der Waals surface area contributed by atoms with E-state index in [4.69, 9.17) is 9.47 Å². The molecule has 1 fully saturated rings. The Morgan fingerprint density at radius 1 is 1.42 bits per heavy atom. The van der Waals surface area contributed by atoms with Gasteiger partial charge in [0.15, 0.2) is 12.0 Å². The highest BCUT2D eigenvalue weighted by atomic mass is 127. The summed E-state index contributed by atoms with van der Waals surface area (Å²) in [6.45, 7) is 3.09. The molecule has 3 heterocycles. The van der Waals surface area contributed by atoms with Gasteiger partial charge in [0.25, 0.3) is 5.91 Å². The number of rotatable bonds is 4. The first kappa shape index (κ1) is 21.9. The molecule has 0 aliphatic carbocycles. The Hall–Kier alpha value is -2.29. The van der Waals surface area contributed by atoms with Crippen molar-refractivity contribution < 1.29 is 28.9 Å². The Labute approximate surface area is 189 Å². The maximum absolute atomic E-state index is 14.9. The average molecular weight is 546 g/mol. The first-order valence-electron chi connectivity index (χ1n) is 9.36. The summed E-state index contributed by atoms with van der Waals surface area (Å²) in [4.78, 5) is 28.8. The number of carbonyl (C=O) groups is 1. The van der Waals surface area contributed by atoms with E-state index >= 15 is 0 Å². The number of anilines is 2. The van der Waals surface area contributed by atoms with E-state index < -0.39 is 46.0 Å². The van der Waals surface area contributed by atoms with Crippen molar-refractivity contribution >= 4 is 40.0 Å². The average Bonchev–Trinajstić information content (AvgIpc) is 3.13. The number of halogens is 2. The van der Waals surface area contributed by atoms with Gasteiger partial charge in [-0.1, -0.05) is 0 Å². The standard InChI is InChI=1S/C19H20FIN4O6/c1-18(2)24-10-7-9(3-4-11(10)31-18)15(28)22-13-5-6-25(17(29)23-13)16-19(20,21)14(27)12(8-26)30-16/h3-7,12,14,16,24,26-27H,8H2,1-2H3,(H,22,23,28,29)/t12-,14-,16?,19?/m1/s1. The van der Waals surface area contributed by atoms with Crippen molar-refractivity contribution in [1.82, 2.24) is 9.55 Å². The van der Waals surface area contributed by atoms with Gasteiger partial charge in [0.05, 0.1) is 12.3 Å². The summed E-state index contributed by atoms with van der Waals surface area (Å²) < 4.78 is 24.4. The van der Waals surface area contributed by atoms with Crippen molar-refractivity contribution in [2.75, 3.05) is 17.2 Å². The molecular weight excluding hydrogens is 526 g/mol. The molecule has 0 bridgehead atoms. The lowest BCUT2D eigenvalue weighted by Gasteiger charge is -2.23. The highest BCUT2D eigenvalue weighted by Crippen LogP contribution is 2.45. The summed E-state index contributed by atoms with van der Waals surface area (Å²) in [6, 6.07) is 6.18. The van der Waals surface area contributed by atoms with Gasteiger partial charge in [-0.05, 0) is 60.7 Å². The molecule has 2 aliphatic rings. The number of hydrogen-bond donors (Lipinski definition) is 4. The van der Waals surface area contributed by atoms with E-state index in [0.717, 1.165) is 4.57 Å². The lowest BCUT2D eigenvalue weighted by Crippen LogP contribution is -2.40. The van der Waals surface area contributed by atoms with Crippen LogP contribution in [0.15, 0.2) is 35.3 Å². The first-order chi connectivity index (χ1) is 14.5. The Morgan fingerprint density at radius 3 is 2.81 bits per heavy atom. The van der Waals surface area contributed by atoms with E-state index in [0.29, 0.717) is 17.0 Å². The maximum atomic E-state index is 14.9. The van der Waals surface area contributed by atoms with Crippen LogP contribution in [0, 0.1) is 0 Å². The molecule has 4 N–H and O–H groups in total. The van der Waals surface area contributed by atoms with Gasteiger partial charge in [-0.2, -0.15) is 4.98 Å². The van der Waals surface area contributed by atoms with E-state index in [1.54, 1.807) is 18.2 Å². The number of ether oxygens (including phenoxy) is 2. The zero-order chi connectivity index (χ0) is 22.6. The van der Waals surface area contributed by atoms with Crippen molar-refractivity contribution in [3.63, 3.8) is 0 Å². The molecule has 2 unspecified atom stereocenters. The smallest absolute Gasteiger partial charge is 0.351 e. The van der Waals surface area contributed by atoms with Crippen LogP contribution >= 0.6 is 22.6 Å². The highest BCUT2D eigenvalue weighted by molar-refractivity contribution is 14.1. The lowest BCUT2D eigenvalue weighted by molar-refractivity contribution is -0.0499. The fourth-order valence-electron chi connectivity index (χ4n) is 3.45. The summed E-state index contributed by atoms with van der Waals surface area (Å²) in [5.74, 6) is 0.0859. The monoisotopic (exact) mass is 546 g/mol. The number of nitrogens with zero attached hydrogens (tertiary/aromatic N) is 2. The number of hydrogen-bond acceptors (Lipinski definition) is 8. The molecule has 0 spiro atoms. The summed E-state index contributed by atoms with van der Waals surface area (Å²) in [5, 5.41) is 24.8. The third-order valence-corrected chi connectivity index (χ3v) is 6.10. The largest absolute Gasteiger partial charge is 0.467 e. The molecule has 1 saturated heterocycles. The summed E-state index contributed by atoms with van der Waals surface area (Å²) in [5.41, 5.74) is -0.490. The lowest BCUT2D eigenvalue weighted by atomic mass is 10.1. The molecule has 4 rings (SSSR count). The number of alkyl halides is 2. The third kappa shape index (κ3) is 4.00. The van der Waals surface area contributed by atoms with E-state index in [2.05, 4.69) is 15.6 Å². The number of aliphatic hydroxyl groups excluding tert-OH is 2.